The summed E-state index contributed by atoms with van der Waals surface area (Å²) in [4.78, 5) is 0. The first-order chi connectivity index (χ1) is 7.59. The Bertz CT molecular complexity index is 422. The molecule has 0 spiro atoms. The Labute approximate surface area is 95.2 Å². The van der Waals surface area contributed by atoms with Crippen molar-refractivity contribution in [1.29, 1.82) is 0 Å². The average Bonchev–Trinajstić information content (AvgIpc) is 2.91. The van der Waals surface area contributed by atoms with Crippen molar-refractivity contribution >= 4 is 10.2 Å². The highest BCUT2D eigenvalue weighted by Crippen LogP contribution is 2.16. The van der Waals surface area contributed by atoms with Crippen molar-refractivity contribution in [2.75, 3.05) is 13.1 Å². The Morgan fingerprint density at radius 3 is 2.75 bits per heavy atom. The number of nitrogens with one attached hydrogen (secondary N) is 2. The Hall–Kier alpha value is -0.920. The molecule has 1 atom stereocenters. The molecule has 1 saturated heterocycles. The maximum absolute atomic E-state index is 11.9. The van der Waals surface area contributed by atoms with Crippen LogP contribution in [0.2, 0.25) is 0 Å². The standard InChI is InChI=1S/C9H16N4O2S/c1-8(9-6-10-11-7-9)12-16(14,15)13-4-2-3-5-13/h6-8,12H,2-5H2,1H3,(H,10,11). The molecule has 1 unspecified atom stereocenters. The van der Waals surface area contributed by atoms with Crippen molar-refractivity contribution in [2.45, 2.75) is 25.8 Å². The molecule has 0 aromatic carbocycles. The topological polar surface area (TPSA) is 78.1 Å². The van der Waals surface area contributed by atoms with E-state index in [0.717, 1.165) is 18.4 Å². The Morgan fingerprint density at radius 1 is 1.50 bits per heavy atom. The number of aromatic nitrogens is 2. The molecule has 1 aromatic heterocycles. The molecule has 1 aliphatic rings. The van der Waals surface area contributed by atoms with E-state index >= 15 is 0 Å². The van der Waals surface area contributed by atoms with Crippen LogP contribution >= 0.6 is 0 Å². The van der Waals surface area contributed by atoms with Gasteiger partial charge in [0.25, 0.3) is 10.2 Å². The molecule has 0 aliphatic carbocycles. The van der Waals surface area contributed by atoms with E-state index in [4.69, 9.17) is 0 Å². The van der Waals surface area contributed by atoms with Gasteiger partial charge in [0.2, 0.25) is 0 Å². The predicted octanol–water partition coefficient (Wildman–Crippen LogP) is 0.401. The quantitative estimate of drug-likeness (QED) is 0.804. The molecule has 1 aromatic rings. The largest absolute Gasteiger partial charge is 0.285 e. The van der Waals surface area contributed by atoms with Crippen LogP contribution in [0.3, 0.4) is 0 Å². The second kappa shape index (κ2) is 4.52. The first-order valence-electron chi connectivity index (χ1n) is 5.36. The van der Waals surface area contributed by atoms with E-state index in [9.17, 15) is 8.42 Å². The third-order valence-electron chi connectivity index (χ3n) is 2.75. The monoisotopic (exact) mass is 244 g/mol. The number of hydrogen-bond acceptors (Lipinski definition) is 3. The van der Waals surface area contributed by atoms with Gasteiger partial charge in [-0.15, -0.1) is 0 Å². The summed E-state index contributed by atoms with van der Waals surface area (Å²) in [6, 6.07) is -0.260. The van der Waals surface area contributed by atoms with Gasteiger partial charge in [-0.2, -0.15) is 22.5 Å². The highest BCUT2D eigenvalue weighted by molar-refractivity contribution is 7.87. The number of nitrogens with zero attached hydrogens (tertiary/aromatic N) is 2. The number of hydrogen-bond donors (Lipinski definition) is 2. The summed E-state index contributed by atoms with van der Waals surface area (Å²) in [5.41, 5.74) is 0.836. The molecule has 2 N–H and O–H groups in total. The van der Waals surface area contributed by atoms with Crippen LogP contribution in [0.5, 0.6) is 0 Å². The first kappa shape index (κ1) is 11.6. The Morgan fingerprint density at radius 2 is 2.19 bits per heavy atom. The second-order valence-corrected chi connectivity index (χ2v) is 5.68. The van der Waals surface area contributed by atoms with E-state index < -0.39 is 10.2 Å². The summed E-state index contributed by atoms with van der Waals surface area (Å²) in [6.45, 7) is 3.04. The van der Waals surface area contributed by atoms with Crippen molar-refractivity contribution in [3.63, 3.8) is 0 Å². The van der Waals surface area contributed by atoms with Gasteiger partial charge < -0.3 is 0 Å². The summed E-state index contributed by atoms with van der Waals surface area (Å²) < 4.78 is 28.0. The van der Waals surface area contributed by atoms with Gasteiger partial charge >= 0.3 is 0 Å². The van der Waals surface area contributed by atoms with Gasteiger partial charge in [-0.25, -0.2) is 0 Å². The van der Waals surface area contributed by atoms with Gasteiger partial charge in [-0.05, 0) is 19.8 Å². The number of aromatic amines is 1. The third kappa shape index (κ3) is 2.42. The van der Waals surface area contributed by atoms with E-state index in [1.807, 2.05) is 0 Å². The first-order valence-corrected chi connectivity index (χ1v) is 6.80. The van der Waals surface area contributed by atoms with Crippen molar-refractivity contribution in [2.24, 2.45) is 0 Å². The smallest absolute Gasteiger partial charge is 0.279 e. The van der Waals surface area contributed by atoms with Crippen molar-refractivity contribution in [3.8, 4) is 0 Å². The SMILES string of the molecule is CC(NS(=O)(=O)N1CCCC1)c1cn[nH]c1. The third-order valence-corrected chi connectivity index (χ3v) is 4.45. The molecule has 7 heteroatoms. The van der Waals surface area contributed by atoms with Gasteiger partial charge in [0.05, 0.1) is 6.20 Å². The molecule has 0 saturated carbocycles. The van der Waals surface area contributed by atoms with Crippen LogP contribution in [-0.2, 0) is 10.2 Å². The van der Waals surface area contributed by atoms with E-state index in [-0.39, 0.29) is 6.04 Å². The van der Waals surface area contributed by atoms with Gasteiger partial charge in [0.15, 0.2) is 0 Å². The zero-order valence-corrected chi connectivity index (χ0v) is 10.00. The van der Waals surface area contributed by atoms with Gasteiger partial charge in [0, 0.05) is 30.9 Å². The van der Waals surface area contributed by atoms with E-state index in [2.05, 4.69) is 14.9 Å². The summed E-state index contributed by atoms with van der Waals surface area (Å²) in [5, 5.41) is 6.46. The zero-order valence-electron chi connectivity index (χ0n) is 9.18. The molecule has 2 rings (SSSR count). The highest BCUT2D eigenvalue weighted by atomic mass is 32.2. The lowest BCUT2D eigenvalue weighted by atomic mass is 10.2. The fourth-order valence-corrected chi connectivity index (χ4v) is 3.26. The summed E-state index contributed by atoms with van der Waals surface area (Å²) in [7, 11) is -3.34. The average molecular weight is 244 g/mol. The van der Waals surface area contributed by atoms with Crippen LogP contribution in [0, 0.1) is 0 Å². The van der Waals surface area contributed by atoms with Gasteiger partial charge in [-0.3, -0.25) is 5.10 Å². The lowest BCUT2D eigenvalue weighted by Gasteiger charge is -2.19. The van der Waals surface area contributed by atoms with Crippen LogP contribution < -0.4 is 4.72 Å². The van der Waals surface area contributed by atoms with Crippen LogP contribution in [0.25, 0.3) is 0 Å². The fourth-order valence-electron chi connectivity index (χ4n) is 1.79. The summed E-state index contributed by atoms with van der Waals surface area (Å²) >= 11 is 0. The lowest BCUT2D eigenvalue weighted by molar-refractivity contribution is 0.457. The van der Waals surface area contributed by atoms with Crippen molar-refractivity contribution in [3.05, 3.63) is 18.0 Å². The molecule has 6 nitrogen and oxygen atoms in total. The second-order valence-electron chi connectivity index (χ2n) is 3.98. The fraction of sp³-hybridized carbons (Fsp3) is 0.667. The normalized spacial score (nSPS) is 20.1. The highest BCUT2D eigenvalue weighted by Gasteiger charge is 2.26. The molecule has 1 aliphatic heterocycles. The van der Waals surface area contributed by atoms with E-state index in [1.165, 1.54) is 4.31 Å². The van der Waals surface area contributed by atoms with Gasteiger partial charge in [-0.1, -0.05) is 0 Å². The lowest BCUT2D eigenvalue weighted by Crippen LogP contribution is -2.39. The molecule has 0 radical (unpaired) electrons. The zero-order chi connectivity index (χ0) is 11.6. The van der Waals surface area contributed by atoms with E-state index in [1.54, 1.807) is 19.3 Å². The maximum atomic E-state index is 11.9. The number of rotatable bonds is 4. The minimum atomic E-state index is -3.34. The molecule has 16 heavy (non-hydrogen) atoms. The molecule has 0 amide bonds. The minimum Gasteiger partial charge on any atom is -0.285 e. The van der Waals surface area contributed by atoms with Gasteiger partial charge in [0.1, 0.15) is 0 Å². The summed E-state index contributed by atoms with van der Waals surface area (Å²) in [6.07, 6.45) is 5.20. The van der Waals surface area contributed by atoms with Crippen LogP contribution in [0.15, 0.2) is 12.4 Å². The minimum absolute atomic E-state index is 0.260. The predicted molar refractivity (Wildman–Crippen MR) is 59.9 cm³/mol. The molecule has 2 heterocycles. The Balaban J connectivity index is 2.03. The van der Waals surface area contributed by atoms with Crippen LogP contribution in [0.4, 0.5) is 0 Å². The summed E-state index contributed by atoms with van der Waals surface area (Å²) in [5.74, 6) is 0. The molecule has 0 bridgehead atoms. The van der Waals surface area contributed by atoms with E-state index in [0.29, 0.717) is 13.1 Å². The van der Waals surface area contributed by atoms with Crippen molar-refractivity contribution < 1.29 is 8.42 Å². The molecular weight excluding hydrogens is 228 g/mol. The molecule has 90 valence electrons. The molecular formula is C9H16N4O2S. The maximum Gasteiger partial charge on any atom is 0.279 e. The number of H-pyrrole nitrogens is 1. The van der Waals surface area contributed by atoms with Crippen LogP contribution in [-0.4, -0.2) is 36.0 Å². The van der Waals surface area contributed by atoms with Crippen molar-refractivity contribution in [1.82, 2.24) is 19.2 Å². The molecule has 1 fully saturated rings. The Kier molecular flexibility index (Phi) is 3.27. The van der Waals surface area contributed by atoms with Crippen LogP contribution in [0.1, 0.15) is 31.4 Å².